The first-order valence-electron chi connectivity index (χ1n) is 12.8. The van der Waals surface area contributed by atoms with Gasteiger partial charge in [0.05, 0.1) is 12.1 Å². The standard InChI is InChI=1S/C28H36N2O5S/c1-18-22(12-7-13-25(18)31)27(33)29-23(17-36-21-10-3-2-4-11-21)26(32)16-30-15-20-9-6-5-8-19(20)14-24(30)28(34)35/h2-4,7,10-13,19-20,23-24,26,31-32H,5-6,8-9,14-17H2,1H3,(H,29,33)(H,34,35)/t19-,20+,23-,24-,26+/m0/s1. The third-order valence-corrected chi connectivity index (χ3v) is 8.84. The van der Waals surface area contributed by atoms with Crippen LogP contribution in [0.2, 0.25) is 0 Å². The van der Waals surface area contributed by atoms with E-state index in [1.807, 2.05) is 35.2 Å². The van der Waals surface area contributed by atoms with Crippen molar-refractivity contribution < 1.29 is 24.9 Å². The first kappa shape index (κ1) is 26.5. The molecule has 1 amide bonds. The number of aliphatic hydroxyl groups excluding tert-OH is 1. The summed E-state index contributed by atoms with van der Waals surface area (Å²) in [6.07, 6.45) is 4.18. The van der Waals surface area contributed by atoms with Gasteiger partial charge >= 0.3 is 5.97 Å². The molecule has 0 aromatic heterocycles. The molecule has 5 atom stereocenters. The number of aliphatic carboxylic acids is 1. The van der Waals surface area contributed by atoms with Crippen LogP contribution < -0.4 is 5.32 Å². The Morgan fingerprint density at radius 1 is 1.08 bits per heavy atom. The third kappa shape index (κ3) is 6.41. The summed E-state index contributed by atoms with van der Waals surface area (Å²) in [4.78, 5) is 28.2. The highest BCUT2D eigenvalue weighted by molar-refractivity contribution is 7.99. The van der Waals surface area contributed by atoms with Gasteiger partial charge in [-0.05, 0) is 55.9 Å². The molecule has 0 spiro atoms. The van der Waals surface area contributed by atoms with Gasteiger partial charge in [0.2, 0.25) is 0 Å². The number of likely N-dealkylation sites (tertiary alicyclic amines) is 1. The Bertz CT molecular complexity index is 1050. The molecule has 1 saturated carbocycles. The predicted octanol–water partition coefficient (Wildman–Crippen LogP) is 3.92. The largest absolute Gasteiger partial charge is 0.508 e. The number of hydrogen-bond acceptors (Lipinski definition) is 6. The van der Waals surface area contributed by atoms with E-state index < -0.39 is 24.2 Å². The van der Waals surface area contributed by atoms with Crippen molar-refractivity contribution in [1.29, 1.82) is 0 Å². The number of nitrogens with one attached hydrogen (secondary N) is 1. The van der Waals surface area contributed by atoms with Crippen molar-refractivity contribution in [1.82, 2.24) is 10.2 Å². The van der Waals surface area contributed by atoms with Crippen molar-refractivity contribution in [2.45, 2.75) is 62.1 Å². The first-order valence-corrected chi connectivity index (χ1v) is 13.7. The van der Waals surface area contributed by atoms with E-state index in [9.17, 15) is 24.9 Å². The van der Waals surface area contributed by atoms with Crippen LogP contribution in [-0.4, -0.2) is 69.1 Å². The number of piperidine rings is 1. The highest BCUT2D eigenvalue weighted by Crippen LogP contribution is 2.38. The lowest BCUT2D eigenvalue weighted by atomic mass is 9.73. The van der Waals surface area contributed by atoms with Crippen molar-refractivity contribution in [2.75, 3.05) is 18.8 Å². The van der Waals surface area contributed by atoms with Crippen LogP contribution in [0, 0.1) is 18.8 Å². The van der Waals surface area contributed by atoms with Gasteiger partial charge in [-0.3, -0.25) is 14.5 Å². The number of hydrogen-bond donors (Lipinski definition) is 4. The Kier molecular flexibility index (Phi) is 8.93. The highest BCUT2D eigenvalue weighted by Gasteiger charge is 2.41. The van der Waals surface area contributed by atoms with Gasteiger partial charge in [-0.25, -0.2) is 0 Å². The number of amides is 1. The number of carboxylic acid groups (broad SMARTS) is 1. The van der Waals surface area contributed by atoms with Crippen molar-refractivity contribution in [3.8, 4) is 5.75 Å². The predicted molar refractivity (Wildman–Crippen MR) is 140 cm³/mol. The lowest BCUT2D eigenvalue weighted by molar-refractivity contribution is -0.148. The molecule has 2 aromatic carbocycles. The fourth-order valence-electron chi connectivity index (χ4n) is 5.59. The molecule has 2 fully saturated rings. The summed E-state index contributed by atoms with van der Waals surface area (Å²) in [5.41, 5.74) is 0.826. The summed E-state index contributed by atoms with van der Waals surface area (Å²) in [6, 6.07) is 13.3. The average Bonchev–Trinajstić information content (AvgIpc) is 2.88. The van der Waals surface area contributed by atoms with Gasteiger partial charge < -0.3 is 20.6 Å². The van der Waals surface area contributed by atoms with E-state index in [1.165, 1.54) is 24.2 Å². The second kappa shape index (κ2) is 12.1. The van der Waals surface area contributed by atoms with Crippen LogP contribution in [0.5, 0.6) is 5.75 Å². The van der Waals surface area contributed by atoms with E-state index in [0.717, 1.165) is 24.2 Å². The van der Waals surface area contributed by atoms with Crippen molar-refractivity contribution in [3.05, 3.63) is 59.7 Å². The maximum atomic E-state index is 13.1. The lowest BCUT2D eigenvalue weighted by Crippen LogP contribution is -2.57. The Morgan fingerprint density at radius 3 is 2.53 bits per heavy atom. The molecular formula is C28H36N2O5S. The average molecular weight is 513 g/mol. The van der Waals surface area contributed by atoms with Crippen molar-refractivity contribution >= 4 is 23.6 Å². The molecule has 0 unspecified atom stereocenters. The van der Waals surface area contributed by atoms with Gasteiger partial charge in [-0.2, -0.15) is 0 Å². The normalized spacial score (nSPS) is 23.9. The summed E-state index contributed by atoms with van der Waals surface area (Å²) in [5.74, 6) is 0.141. The van der Waals surface area contributed by atoms with Crippen molar-refractivity contribution in [2.24, 2.45) is 11.8 Å². The molecule has 194 valence electrons. The van der Waals surface area contributed by atoms with Gasteiger partial charge in [0, 0.05) is 34.9 Å². The molecule has 1 saturated heterocycles. The number of thioether (sulfide) groups is 1. The van der Waals surface area contributed by atoms with Gasteiger partial charge in [-0.1, -0.05) is 43.5 Å². The topological polar surface area (TPSA) is 110 Å². The maximum absolute atomic E-state index is 13.1. The molecule has 1 aliphatic heterocycles. The number of carbonyl (C=O) groups is 2. The van der Waals surface area contributed by atoms with E-state index >= 15 is 0 Å². The van der Waals surface area contributed by atoms with Crippen LogP contribution in [0.3, 0.4) is 0 Å². The van der Waals surface area contributed by atoms with Crippen LogP contribution in [-0.2, 0) is 4.79 Å². The molecule has 2 aliphatic rings. The monoisotopic (exact) mass is 512 g/mol. The third-order valence-electron chi connectivity index (χ3n) is 7.71. The molecule has 0 bridgehead atoms. The fourth-order valence-corrected chi connectivity index (χ4v) is 6.62. The Labute approximate surface area is 216 Å². The number of β-amino-alcohol motifs (C(OH)–C–C–N with tert-alkyl or cyclic N) is 1. The second-order valence-electron chi connectivity index (χ2n) is 10.1. The number of benzene rings is 2. The summed E-state index contributed by atoms with van der Waals surface area (Å²) in [6.45, 7) is 2.52. The van der Waals surface area contributed by atoms with Crippen LogP contribution in [0.25, 0.3) is 0 Å². The number of fused-ring (bicyclic) bond motifs is 1. The van der Waals surface area contributed by atoms with Crippen LogP contribution >= 0.6 is 11.8 Å². The summed E-state index contributed by atoms with van der Waals surface area (Å²) < 4.78 is 0. The van der Waals surface area contributed by atoms with Crippen molar-refractivity contribution in [3.63, 3.8) is 0 Å². The molecule has 1 aliphatic carbocycles. The number of carboxylic acids is 1. The molecule has 8 heteroatoms. The number of carbonyl (C=O) groups excluding carboxylic acids is 1. The van der Waals surface area contributed by atoms with Crippen LogP contribution in [0.15, 0.2) is 53.4 Å². The van der Waals surface area contributed by atoms with Gasteiger partial charge in [0.15, 0.2) is 0 Å². The number of phenolic OH excluding ortho intramolecular Hbond substituents is 1. The van der Waals surface area contributed by atoms with Gasteiger partial charge in [0.1, 0.15) is 11.8 Å². The zero-order valence-electron chi connectivity index (χ0n) is 20.7. The van der Waals surface area contributed by atoms with E-state index in [-0.39, 0.29) is 18.2 Å². The van der Waals surface area contributed by atoms with Gasteiger partial charge in [0.25, 0.3) is 5.91 Å². The number of nitrogens with zero attached hydrogens (tertiary/aromatic N) is 1. The molecule has 2 aromatic rings. The SMILES string of the molecule is Cc1c(O)cccc1C(=O)N[C@@H](CSc1ccccc1)[C@H](O)CN1C[C@H]2CCCC[C@H]2C[C@H]1C(=O)O. The van der Waals surface area contributed by atoms with E-state index in [0.29, 0.717) is 41.7 Å². The van der Waals surface area contributed by atoms with E-state index in [1.54, 1.807) is 19.1 Å². The maximum Gasteiger partial charge on any atom is 0.320 e. The fraction of sp³-hybridized carbons (Fsp3) is 0.500. The quantitative estimate of drug-likeness (QED) is 0.377. The Morgan fingerprint density at radius 2 is 1.81 bits per heavy atom. The molecular weight excluding hydrogens is 476 g/mol. The zero-order valence-corrected chi connectivity index (χ0v) is 21.5. The number of phenols is 1. The molecule has 0 radical (unpaired) electrons. The number of aromatic hydroxyl groups is 1. The summed E-state index contributed by atoms with van der Waals surface area (Å²) >= 11 is 1.53. The number of rotatable bonds is 9. The highest BCUT2D eigenvalue weighted by atomic mass is 32.2. The van der Waals surface area contributed by atoms with Crippen LogP contribution in [0.1, 0.15) is 48.0 Å². The lowest BCUT2D eigenvalue weighted by Gasteiger charge is -2.45. The first-order chi connectivity index (χ1) is 17.3. The van der Waals surface area contributed by atoms with E-state index in [2.05, 4.69) is 5.32 Å². The zero-order chi connectivity index (χ0) is 25.7. The smallest absolute Gasteiger partial charge is 0.320 e. The minimum absolute atomic E-state index is 0.0399. The molecule has 36 heavy (non-hydrogen) atoms. The molecule has 4 rings (SSSR count). The Balaban J connectivity index is 1.50. The van der Waals surface area contributed by atoms with Gasteiger partial charge in [-0.15, -0.1) is 11.8 Å². The molecule has 4 N–H and O–H groups in total. The minimum atomic E-state index is -0.954. The number of aliphatic hydroxyl groups is 1. The molecule has 1 heterocycles. The Hall–Kier alpha value is -2.55. The summed E-state index contributed by atoms with van der Waals surface area (Å²) in [7, 11) is 0. The summed E-state index contributed by atoms with van der Waals surface area (Å²) in [5, 5.41) is 34.3. The molecule has 7 nitrogen and oxygen atoms in total. The van der Waals surface area contributed by atoms with Crippen LogP contribution in [0.4, 0.5) is 0 Å². The minimum Gasteiger partial charge on any atom is -0.508 e. The van der Waals surface area contributed by atoms with E-state index in [4.69, 9.17) is 0 Å². The second-order valence-corrected chi connectivity index (χ2v) is 11.2.